The van der Waals surface area contributed by atoms with Gasteiger partial charge < -0.3 is 5.73 Å². The van der Waals surface area contributed by atoms with Crippen molar-refractivity contribution in [1.82, 2.24) is 0 Å². The number of nitrogens with two attached hydrogens (primary N) is 1. The highest BCUT2D eigenvalue weighted by molar-refractivity contribution is 5.26. The first kappa shape index (κ1) is 10.7. The number of hydrogen-bond donors (Lipinski definition) is 1. The maximum Gasteiger partial charge on any atom is -0.00367 e. The Balaban J connectivity index is 2.02. The largest absolute Gasteiger partial charge is 0.330 e. The third-order valence-electron chi connectivity index (χ3n) is 3.80. The van der Waals surface area contributed by atoms with Crippen molar-refractivity contribution in [2.24, 2.45) is 11.7 Å². The molecule has 2 rings (SSSR count). The van der Waals surface area contributed by atoms with Crippen LogP contribution in [0.15, 0.2) is 24.3 Å². The lowest BCUT2D eigenvalue weighted by atomic mass is 9.74. The van der Waals surface area contributed by atoms with Gasteiger partial charge in [0, 0.05) is 0 Å². The Hall–Kier alpha value is -0.820. The van der Waals surface area contributed by atoms with Crippen molar-refractivity contribution in [2.75, 3.05) is 6.54 Å². The SMILES string of the molecule is CC(c1ccc(CCN)cc1)C1CCC1. The molecule has 1 aliphatic rings. The van der Waals surface area contributed by atoms with Crippen LogP contribution in [0, 0.1) is 5.92 Å². The van der Waals surface area contributed by atoms with E-state index in [2.05, 4.69) is 31.2 Å². The summed E-state index contributed by atoms with van der Waals surface area (Å²) in [5.41, 5.74) is 8.40. The first-order valence-corrected chi connectivity index (χ1v) is 6.10. The first-order chi connectivity index (χ1) is 7.31. The van der Waals surface area contributed by atoms with Crippen LogP contribution in [-0.2, 0) is 6.42 Å². The molecule has 0 spiro atoms. The fraction of sp³-hybridized carbons (Fsp3) is 0.571. The Kier molecular flexibility index (Phi) is 3.42. The van der Waals surface area contributed by atoms with Gasteiger partial charge in [-0.25, -0.2) is 0 Å². The van der Waals surface area contributed by atoms with Crippen molar-refractivity contribution in [3.8, 4) is 0 Å². The molecule has 0 heterocycles. The molecule has 0 bridgehead atoms. The van der Waals surface area contributed by atoms with E-state index < -0.39 is 0 Å². The minimum absolute atomic E-state index is 0.741. The molecule has 0 radical (unpaired) electrons. The normalized spacial score (nSPS) is 18.5. The van der Waals surface area contributed by atoms with Crippen LogP contribution in [0.4, 0.5) is 0 Å². The summed E-state index contributed by atoms with van der Waals surface area (Å²) in [4.78, 5) is 0. The third-order valence-corrected chi connectivity index (χ3v) is 3.80. The van der Waals surface area contributed by atoms with Gasteiger partial charge in [-0.15, -0.1) is 0 Å². The zero-order valence-corrected chi connectivity index (χ0v) is 9.58. The molecular formula is C14H21N. The highest BCUT2D eigenvalue weighted by Gasteiger charge is 2.24. The Morgan fingerprint density at radius 3 is 2.40 bits per heavy atom. The minimum Gasteiger partial charge on any atom is -0.330 e. The van der Waals surface area contributed by atoms with Crippen LogP contribution in [0.2, 0.25) is 0 Å². The molecule has 0 aliphatic heterocycles. The van der Waals surface area contributed by atoms with Crippen molar-refractivity contribution >= 4 is 0 Å². The summed E-state index contributed by atoms with van der Waals surface area (Å²) in [6.07, 6.45) is 5.27. The topological polar surface area (TPSA) is 26.0 Å². The van der Waals surface area contributed by atoms with Crippen LogP contribution in [-0.4, -0.2) is 6.54 Å². The fourth-order valence-corrected chi connectivity index (χ4v) is 2.37. The van der Waals surface area contributed by atoms with Crippen molar-refractivity contribution in [3.05, 3.63) is 35.4 Å². The fourth-order valence-electron chi connectivity index (χ4n) is 2.37. The summed E-state index contributed by atoms with van der Waals surface area (Å²) in [6.45, 7) is 3.11. The van der Waals surface area contributed by atoms with Gasteiger partial charge in [0.15, 0.2) is 0 Å². The van der Waals surface area contributed by atoms with E-state index in [4.69, 9.17) is 5.73 Å². The van der Waals surface area contributed by atoms with Crippen molar-refractivity contribution < 1.29 is 0 Å². The van der Waals surface area contributed by atoms with Gasteiger partial charge in [0.25, 0.3) is 0 Å². The maximum atomic E-state index is 5.54. The molecule has 1 heteroatoms. The Bertz CT molecular complexity index is 298. The second-order valence-corrected chi connectivity index (χ2v) is 4.76. The highest BCUT2D eigenvalue weighted by atomic mass is 14.5. The van der Waals surface area contributed by atoms with Crippen LogP contribution in [0.3, 0.4) is 0 Å². The van der Waals surface area contributed by atoms with Crippen LogP contribution >= 0.6 is 0 Å². The molecule has 1 aliphatic carbocycles. The van der Waals surface area contributed by atoms with E-state index in [0.717, 1.165) is 24.8 Å². The lowest BCUT2D eigenvalue weighted by Crippen LogP contribution is -2.18. The van der Waals surface area contributed by atoms with E-state index in [1.165, 1.54) is 30.4 Å². The molecule has 0 amide bonds. The van der Waals surface area contributed by atoms with Gasteiger partial charge in [-0.3, -0.25) is 0 Å². The molecule has 1 nitrogen and oxygen atoms in total. The molecule has 1 unspecified atom stereocenters. The summed E-state index contributed by atoms with van der Waals surface area (Å²) in [5, 5.41) is 0. The zero-order chi connectivity index (χ0) is 10.7. The Morgan fingerprint density at radius 2 is 1.93 bits per heavy atom. The molecular weight excluding hydrogens is 182 g/mol. The van der Waals surface area contributed by atoms with Crippen molar-refractivity contribution in [2.45, 2.75) is 38.5 Å². The molecule has 15 heavy (non-hydrogen) atoms. The molecule has 1 atom stereocenters. The van der Waals surface area contributed by atoms with Gasteiger partial charge in [0.2, 0.25) is 0 Å². The van der Waals surface area contributed by atoms with Crippen LogP contribution in [0.25, 0.3) is 0 Å². The van der Waals surface area contributed by atoms with Crippen LogP contribution < -0.4 is 5.73 Å². The monoisotopic (exact) mass is 203 g/mol. The highest BCUT2D eigenvalue weighted by Crippen LogP contribution is 2.38. The predicted octanol–water partition coefficient (Wildman–Crippen LogP) is 3.09. The first-order valence-electron chi connectivity index (χ1n) is 6.10. The van der Waals surface area contributed by atoms with Crippen LogP contribution in [0.5, 0.6) is 0 Å². The summed E-state index contributed by atoms with van der Waals surface area (Å²) < 4.78 is 0. The van der Waals surface area contributed by atoms with Gasteiger partial charge in [0.1, 0.15) is 0 Å². The molecule has 82 valence electrons. The van der Waals surface area contributed by atoms with Gasteiger partial charge >= 0.3 is 0 Å². The smallest absolute Gasteiger partial charge is 0.00367 e. The van der Waals surface area contributed by atoms with E-state index >= 15 is 0 Å². The third kappa shape index (κ3) is 2.40. The summed E-state index contributed by atoms with van der Waals surface area (Å²) in [5.74, 6) is 1.68. The predicted molar refractivity (Wildman–Crippen MR) is 65.0 cm³/mol. The minimum atomic E-state index is 0.741. The summed E-state index contributed by atoms with van der Waals surface area (Å²) >= 11 is 0. The van der Waals surface area contributed by atoms with Crippen LogP contribution in [0.1, 0.15) is 43.2 Å². The maximum absolute atomic E-state index is 5.54. The Labute approximate surface area is 92.7 Å². The van der Waals surface area contributed by atoms with E-state index in [9.17, 15) is 0 Å². The van der Waals surface area contributed by atoms with Gasteiger partial charge in [-0.1, -0.05) is 37.6 Å². The molecule has 1 aromatic rings. The molecule has 0 saturated heterocycles. The lowest BCUT2D eigenvalue weighted by Gasteiger charge is -2.31. The quantitative estimate of drug-likeness (QED) is 0.799. The molecule has 1 aromatic carbocycles. The standard InChI is InChI=1S/C14H21N/c1-11(13-3-2-4-13)14-7-5-12(6-8-14)9-10-15/h5-8,11,13H,2-4,9-10,15H2,1H3. The number of rotatable bonds is 4. The van der Waals surface area contributed by atoms with Gasteiger partial charge in [-0.05, 0) is 48.8 Å². The van der Waals surface area contributed by atoms with E-state index in [1.54, 1.807) is 0 Å². The molecule has 1 fully saturated rings. The van der Waals surface area contributed by atoms with Gasteiger partial charge in [0.05, 0.1) is 0 Å². The van der Waals surface area contributed by atoms with Crippen molar-refractivity contribution in [1.29, 1.82) is 0 Å². The zero-order valence-electron chi connectivity index (χ0n) is 9.58. The second-order valence-electron chi connectivity index (χ2n) is 4.76. The summed E-state index contributed by atoms with van der Waals surface area (Å²) in [6, 6.07) is 9.04. The Morgan fingerprint density at radius 1 is 1.27 bits per heavy atom. The lowest BCUT2D eigenvalue weighted by molar-refractivity contribution is 0.272. The molecule has 0 aromatic heterocycles. The molecule has 1 saturated carbocycles. The molecule has 2 N–H and O–H groups in total. The average molecular weight is 203 g/mol. The van der Waals surface area contributed by atoms with E-state index in [1.807, 2.05) is 0 Å². The number of hydrogen-bond acceptors (Lipinski definition) is 1. The average Bonchev–Trinajstić information content (AvgIpc) is 2.16. The van der Waals surface area contributed by atoms with E-state index in [-0.39, 0.29) is 0 Å². The van der Waals surface area contributed by atoms with Crippen molar-refractivity contribution in [3.63, 3.8) is 0 Å². The van der Waals surface area contributed by atoms with Gasteiger partial charge in [-0.2, -0.15) is 0 Å². The number of benzene rings is 1. The summed E-state index contributed by atoms with van der Waals surface area (Å²) in [7, 11) is 0. The van der Waals surface area contributed by atoms with E-state index in [0.29, 0.717) is 0 Å². The second kappa shape index (κ2) is 4.80.